The minimum absolute atomic E-state index is 0.0377. The molecule has 1 aromatic rings. The molecule has 132 valence electrons. The minimum atomic E-state index is -3.53. The molecule has 0 aliphatic heterocycles. The summed E-state index contributed by atoms with van der Waals surface area (Å²) in [5, 5.41) is 3.53. The Balaban J connectivity index is 2.84. The third kappa shape index (κ3) is 5.28. The molecule has 23 heavy (non-hydrogen) atoms. The average molecular weight is 346 g/mol. The van der Waals surface area contributed by atoms with Gasteiger partial charge in [0, 0.05) is 13.2 Å². The second-order valence-electron chi connectivity index (χ2n) is 5.28. The summed E-state index contributed by atoms with van der Waals surface area (Å²) < 4.78 is 30.3. The number of carbonyl (C=O) groups excluding carboxylic acids is 1. The summed E-state index contributed by atoms with van der Waals surface area (Å²) in [7, 11) is -3.53. The molecule has 0 aliphatic carbocycles. The van der Waals surface area contributed by atoms with Crippen LogP contribution in [0.3, 0.4) is 0 Å². The van der Waals surface area contributed by atoms with Crippen molar-refractivity contribution in [3.63, 3.8) is 0 Å². The van der Waals surface area contributed by atoms with E-state index in [1.165, 1.54) is 0 Å². The van der Waals surface area contributed by atoms with E-state index in [9.17, 15) is 13.2 Å². The van der Waals surface area contributed by atoms with Gasteiger partial charge >= 0.3 is 6.03 Å². The topological polar surface area (TPSA) is 94.4 Å². The summed E-state index contributed by atoms with van der Waals surface area (Å²) in [6.07, 6.45) is 2.53. The van der Waals surface area contributed by atoms with Crippen molar-refractivity contribution in [3.8, 4) is 0 Å². The molecular weight excluding hydrogens is 320 g/mol. The lowest BCUT2D eigenvalue weighted by Crippen LogP contribution is -2.43. The Morgan fingerprint density at radius 1 is 1.35 bits per heavy atom. The van der Waals surface area contributed by atoms with Gasteiger partial charge in [-0.2, -0.15) is 4.68 Å². The summed E-state index contributed by atoms with van der Waals surface area (Å²) in [4.78, 5) is 17.8. The van der Waals surface area contributed by atoms with Gasteiger partial charge in [0.05, 0.1) is 18.4 Å². The van der Waals surface area contributed by atoms with Crippen LogP contribution in [0.25, 0.3) is 0 Å². The third-order valence-corrected chi connectivity index (χ3v) is 4.93. The van der Waals surface area contributed by atoms with Gasteiger partial charge in [0.2, 0.25) is 9.84 Å². The lowest BCUT2D eigenvalue weighted by Gasteiger charge is -2.27. The Hall–Kier alpha value is -1.48. The largest absolute Gasteiger partial charge is 0.379 e. The number of hydrogen-bond donors (Lipinski definition) is 0. The first-order valence-corrected chi connectivity index (χ1v) is 9.55. The van der Waals surface area contributed by atoms with Gasteiger partial charge in [-0.3, -0.25) is 0 Å². The van der Waals surface area contributed by atoms with Gasteiger partial charge in [0.15, 0.2) is 0 Å². The van der Waals surface area contributed by atoms with Crippen LogP contribution >= 0.6 is 0 Å². The number of ether oxygens (including phenoxy) is 1. The molecule has 0 spiro atoms. The van der Waals surface area contributed by atoms with Gasteiger partial charge in [0.1, 0.15) is 6.33 Å². The van der Waals surface area contributed by atoms with Crippen LogP contribution < -0.4 is 0 Å². The van der Waals surface area contributed by atoms with Gasteiger partial charge in [-0.15, -0.1) is 5.10 Å². The van der Waals surface area contributed by atoms with Crippen molar-refractivity contribution in [1.29, 1.82) is 0 Å². The highest BCUT2D eigenvalue weighted by Crippen LogP contribution is 2.08. The Kier molecular flexibility index (Phi) is 7.63. The molecule has 1 atom stereocenters. The van der Waals surface area contributed by atoms with Crippen molar-refractivity contribution < 1.29 is 17.9 Å². The molecule has 0 aliphatic rings. The third-order valence-electron chi connectivity index (χ3n) is 3.24. The molecule has 9 heteroatoms. The van der Waals surface area contributed by atoms with Crippen LogP contribution in [-0.2, 0) is 14.6 Å². The van der Waals surface area contributed by atoms with Crippen molar-refractivity contribution in [2.45, 2.75) is 51.7 Å². The SMILES string of the molecule is CCCOCC(C)N(CC)C(=O)n1cnc(S(=O)(=O)CCC)n1. The summed E-state index contributed by atoms with van der Waals surface area (Å²) in [6.45, 7) is 9.02. The fourth-order valence-electron chi connectivity index (χ4n) is 2.10. The zero-order valence-electron chi connectivity index (χ0n) is 14.2. The molecule has 8 nitrogen and oxygen atoms in total. The van der Waals surface area contributed by atoms with Crippen molar-refractivity contribution in [3.05, 3.63) is 6.33 Å². The molecule has 1 unspecified atom stereocenters. The monoisotopic (exact) mass is 346 g/mol. The van der Waals surface area contributed by atoms with Gasteiger partial charge in [0.25, 0.3) is 5.16 Å². The summed E-state index contributed by atoms with van der Waals surface area (Å²) in [5.74, 6) is -0.0377. The van der Waals surface area contributed by atoms with Crippen molar-refractivity contribution >= 4 is 15.9 Å². The Morgan fingerprint density at radius 3 is 2.61 bits per heavy atom. The first-order valence-electron chi connectivity index (χ1n) is 7.90. The maximum absolute atomic E-state index is 12.5. The maximum atomic E-state index is 12.5. The summed E-state index contributed by atoms with van der Waals surface area (Å²) in [5.41, 5.74) is 0. The zero-order valence-corrected chi connectivity index (χ0v) is 15.0. The predicted octanol–water partition coefficient (Wildman–Crippen LogP) is 1.57. The Morgan fingerprint density at radius 2 is 2.04 bits per heavy atom. The fourth-order valence-corrected chi connectivity index (χ4v) is 3.24. The van der Waals surface area contributed by atoms with Crippen molar-refractivity contribution in [2.75, 3.05) is 25.5 Å². The number of sulfone groups is 1. The molecule has 0 saturated carbocycles. The first kappa shape index (κ1) is 19.6. The number of amides is 1. The highest BCUT2D eigenvalue weighted by molar-refractivity contribution is 7.91. The van der Waals surface area contributed by atoms with E-state index in [-0.39, 0.29) is 17.0 Å². The number of hydrogen-bond acceptors (Lipinski definition) is 6. The van der Waals surface area contributed by atoms with Crippen LogP contribution in [0.1, 0.15) is 40.5 Å². The number of aromatic nitrogens is 3. The van der Waals surface area contributed by atoms with Crippen LogP contribution in [0.2, 0.25) is 0 Å². The van der Waals surface area contributed by atoms with E-state index in [4.69, 9.17) is 4.74 Å². The van der Waals surface area contributed by atoms with Crippen LogP contribution in [0, 0.1) is 0 Å². The molecule has 0 bridgehead atoms. The van der Waals surface area contributed by atoms with Gasteiger partial charge in [-0.05, 0) is 26.7 Å². The van der Waals surface area contributed by atoms with Crippen LogP contribution in [-0.4, -0.2) is 65.7 Å². The van der Waals surface area contributed by atoms with E-state index in [1.807, 2.05) is 20.8 Å². The quantitative estimate of drug-likeness (QED) is 0.630. The number of likely N-dealkylation sites (N-methyl/N-ethyl adjacent to an activating group) is 1. The van der Waals surface area contributed by atoms with Gasteiger partial charge in [-0.25, -0.2) is 18.2 Å². The zero-order chi connectivity index (χ0) is 17.5. The van der Waals surface area contributed by atoms with Crippen LogP contribution in [0.4, 0.5) is 4.79 Å². The molecule has 1 amide bonds. The number of nitrogens with zero attached hydrogens (tertiary/aromatic N) is 4. The van der Waals surface area contributed by atoms with Crippen LogP contribution in [0.5, 0.6) is 0 Å². The second kappa shape index (κ2) is 8.97. The lowest BCUT2D eigenvalue weighted by atomic mass is 10.3. The molecule has 0 fully saturated rings. The molecule has 0 aromatic carbocycles. The molecule has 0 saturated heterocycles. The van der Waals surface area contributed by atoms with E-state index >= 15 is 0 Å². The molecule has 1 aromatic heterocycles. The molecular formula is C14H26N4O4S. The maximum Gasteiger partial charge on any atom is 0.346 e. The predicted molar refractivity (Wildman–Crippen MR) is 86.1 cm³/mol. The summed E-state index contributed by atoms with van der Waals surface area (Å²) >= 11 is 0. The fraction of sp³-hybridized carbons (Fsp3) is 0.786. The van der Waals surface area contributed by atoms with Gasteiger partial charge < -0.3 is 9.64 Å². The van der Waals surface area contributed by atoms with E-state index in [0.717, 1.165) is 17.4 Å². The number of carbonyl (C=O) groups is 1. The van der Waals surface area contributed by atoms with E-state index in [0.29, 0.717) is 26.2 Å². The van der Waals surface area contributed by atoms with Crippen LogP contribution in [0.15, 0.2) is 11.5 Å². The Labute approximate surface area is 137 Å². The molecule has 1 rings (SSSR count). The highest BCUT2D eigenvalue weighted by Gasteiger charge is 2.24. The van der Waals surface area contributed by atoms with E-state index in [1.54, 1.807) is 11.8 Å². The second-order valence-corrected chi connectivity index (χ2v) is 7.29. The standard InChI is InChI=1S/C14H26N4O4S/c1-5-8-22-10-12(4)17(7-3)14(19)18-11-15-13(16-18)23(20,21)9-6-2/h11-12H,5-10H2,1-4H3. The summed E-state index contributed by atoms with van der Waals surface area (Å²) in [6, 6.07) is -0.551. The molecule has 1 heterocycles. The minimum Gasteiger partial charge on any atom is -0.379 e. The smallest absolute Gasteiger partial charge is 0.346 e. The lowest BCUT2D eigenvalue weighted by molar-refractivity contribution is 0.0794. The molecule has 0 N–H and O–H groups in total. The van der Waals surface area contributed by atoms with E-state index < -0.39 is 15.9 Å². The van der Waals surface area contributed by atoms with Crippen molar-refractivity contribution in [2.24, 2.45) is 0 Å². The van der Waals surface area contributed by atoms with Crippen molar-refractivity contribution in [1.82, 2.24) is 19.7 Å². The average Bonchev–Trinajstić information content (AvgIpc) is 2.99. The van der Waals surface area contributed by atoms with E-state index in [2.05, 4.69) is 10.1 Å². The highest BCUT2D eigenvalue weighted by atomic mass is 32.2. The normalized spacial score (nSPS) is 13.0. The first-order chi connectivity index (χ1) is 10.9. The molecule has 0 radical (unpaired) electrons. The Bertz CT molecular complexity index is 600. The van der Waals surface area contributed by atoms with Gasteiger partial charge in [-0.1, -0.05) is 13.8 Å². The number of rotatable bonds is 9.